The number of esters is 1. The van der Waals surface area contributed by atoms with Crippen molar-refractivity contribution in [3.8, 4) is 11.5 Å². The number of methoxy groups -OCH3 is 1. The summed E-state index contributed by atoms with van der Waals surface area (Å²) in [6, 6.07) is 2.63. The number of carbonyl (C=O) groups is 2. The molecule has 0 aliphatic heterocycles. The highest BCUT2D eigenvalue weighted by molar-refractivity contribution is 6.25. The highest BCUT2D eigenvalue weighted by Gasteiger charge is 2.28. The van der Waals surface area contributed by atoms with Gasteiger partial charge in [-0.1, -0.05) is 0 Å². The van der Waals surface area contributed by atoms with Crippen LogP contribution in [0.15, 0.2) is 23.9 Å². The Morgan fingerprint density at radius 2 is 1.96 bits per heavy atom. The van der Waals surface area contributed by atoms with Crippen molar-refractivity contribution in [2.45, 2.75) is 32.7 Å². The molecule has 1 aliphatic carbocycles. The number of benzene rings is 1. The Labute approximate surface area is 145 Å². The first-order valence-corrected chi connectivity index (χ1v) is 8.20. The van der Waals surface area contributed by atoms with Crippen LogP contribution in [0.3, 0.4) is 0 Å². The molecule has 0 atom stereocenters. The molecule has 25 heavy (non-hydrogen) atoms. The molecule has 1 aromatic carbocycles. The average molecular weight is 351 g/mol. The first-order valence-electron chi connectivity index (χ1n) is 8.20. The molecule has 6 nitrogen and oxygen atoms in total. The molecule has 0 amide bonds. The summed E-state index contributed by atoms with van der Waals surface area (Å²) in [5, 5.41) is 3.01. The van der Waals surface area contributed by atoms with Crippen LogP contribution in [0.5, 0.6) is 11.5 Å². The zero-order valence-electron chi connectivity index (χ0n) is 14.6. The molecule has 1 saturated carbocycles. The number of ether oxygens (including phenoxy) is 3. The van der Waals surface area contributed by atoms with Gasteiger partial charge in [-0.15, -0.1) is 0 Å². The van der Waals surface area contributed by atoms with Gasteiger partial charge in [-0.25, -0.2) is 9.18 Å². The van der Waals surface area contributed by atoms with Gasteiger partial charge in [-0.3, -0.25) is 4.79 Å². The quantitative estimate of drug-likeness (QED) is 0.242. The molecule has 0 bridgehead atoms. The fraction of sp³-hybridized carbons (Fsp3) is 0.444. The Bertz CT molecular complexity index is 682. The van der Waals surface area contributed by atoms with E-state index in [1.807, 2.05) is 0 Å². The fourth-order valence-corrected chi connectivity index (χ4v) is 2.22. The van der Waals surface area contributed by atoms with Crippen molar-refractivity contribution in [2.75, 3.05) is 20.3 Å². The second-order valence-corrected chi connectivity index (χ2v) is 5.44. The summed E-state index contributed by atoms with van der Waals surface area (Å²) in [5.41, 5.74) is -0.125. The molecule has 0 radical (unpaired) electrons. The number of ketones is 1. The molecule has 0 heterocycles. The number of hydrogen-bond donors (Lipinski definition) is 1. The van der Waals surface area contributed by atoms with E-state index in [0.717, 1.165) is 18.9 Å². The molecular formula is C18H22FNO5. The zero-order chi connectivity index (χ0) is 18.4. The number of carbonyl (C=O) groups excluding carboxylic acids is 2. The lowest BCUT2D eigenvalue weighted by molar-refractivity contribution is -0.138. The van der Waals surface area contributed by atoms with Gasteiger partial charge in [0.05, 0.1) is 25.9 Å². The van der Waals surface area contributed by atoms with Crippen molar-refractivity contribution in [3.63, 3.8) is 0 Å². The Morgan fingerprint density at radius 3 is 2.52 bits per heavy atom. The highest BCUT2D eigenvalue weighted by Crippen LogP contribution is 2.35. The average Bonchev–Trinajstić information content (AvgIpc) is 3.40. The van der Waals surface area contributed by atoms with Crippen LogP contribution in [-0.4, -0.2) is 38.1 Å². The first-order chi connectivity index (χ1) is 12.0. The van der Waals surface area contributed by atoms with Gasteiger partial charge < -0.3 is 19.5 Å². The molecule has 0 saturated heterocycles. The van der Waals surface area contributed by atoms with Crippen LogP contribution in [0.1, 0.15) is 37.0 Å². The third-order valence-electron chi connectivity index (χ3n) is 3.58. The summed E-state index contributed by atoms with van der Waals surface area (Å²) in [7, 11) is 1.28. The summed E-state index contributed by atoms with van der Waals surface area (Å²) in [6.07, 6.45) is 3.33. The van der Waals surface area contributed by atoms with Crippen molar-refractivity contribution in [1.29, 1.82) is 0 Å². The van der Waals surface area contributed by atoms with E-state index in [4.69, 9.17) is 14.2 Å². The summed E-state index contributed by atoms with van der Waals surface area (Å²) < 4.78 is 29.3. The van der Waals surface area contributed by atoms with Gasteiger partial charge in [-0.05, 0) is 38.8 Å². The minimum Gasteiger partial charge on any atom is -0.490 e. The second-order valence-electron chi connectivity index (χ2n) is 5.44. The highest BCUT2D eigenvalue weighted by atomic mass is 19.1. The van der Waals surface area contributed by atoms with Crippen molar-refractivity contribution < 1.29 is 28.2 Å². The minimum atomic E-state index is -0.744. The van der Waals surface area contributed by atoms with Crippen molar-refractivity contribution in [2.24, 2.45) is 0 Å². The Hall–Kier alpha value is -2.57. The molecule has 2 rings (SSSR count). The standard InChI is InChI=1S/C18H22FNO5/c1-4-24-16-12(8-9-14(19)17(16)23-3)15(21)13(18(22)25-5-2)10-20-11-6-7-11/h8-11,20H,4-7H2,1-3H3. The summed E-state index contributed by atoms with van der Waals surface area (Å²) in [6.45, 7) is 3.70. The van der Waals surface area contributed by atoms with E-state index >= 15 is 0 Å². The molecule has 0 spiro atoms. The van der Waals surface area contributed by atoms with Gasteiger partial charge in [-0.2, -0.15) is 0 Å². The lowest BCUT2D eigenvalue weighted by atomic mass is 10.0. The van der Waals surface area contributed by atoms with Gasteiger partial charge in [0, 0.05) is 12.2 Å². The van der Waals surface area contributed by atoms with Crippen LogP contribution in [0.4, 0.5) is 4.39 Å². The van der Waals surface area contributed by atoms with Crippen LogP contribution >= 0.6 is 0 Å². The van der Waals surface area contributed by atoms with E-state index < -0.39 is 17.6 Å². The monoisotopic (exact) mass is 351 g/mol. The van der Waals surface area contributed by atoms with E-state index in [9.17, 15) is 14.0 Å². The van der Waals surface area contributed by atoms with Crippen LogP contribution in [0, 0.1) is 5.82 Å². The maximum absolute atomic E-state index is 13.9. The topological polar surface area (TPSA) is 73.9 Å². The van der Waals surface area contributed by atoms with Gasteiger partial charge in [0.1, 0.15) is 5.57 Å². The maximum atomic E-state index is 13.9. The molecule has 1 N–H and O–H groups in total. The third kappa shape index (κ3) is 4.49. The van der Waals surface area contributed by atoms with E-state index in [1.54, 1.807) is 13.8 Å². The van der Waals surface area contributed by atoms with E-state index in [1.165, 1.54) is 19.4 Å². The number of nitrogens with one attached hydrogen (secondary N) is 1. The summed E-state index contributed by atoms with van der Waals surface area (Å²) in [5.74, 6) is -2.22. The fourth-order valence-electron chi connectivity index (χ4n) is 2.22. The summed E-state index contributed by atoms with van der Waals surface area (Å²) >= 11 is 0. The SMILES string of the molecule is CCOC(=O)C(=CNC1CC1)C(=O)c1ccc(F)c(OC)c1OCC. The number of rotatable bonds is 9. The van der Waals surface area contributed by atoms with E-state index in [-0.39, 0.29) is 41.9 Å². The number of hydrogen-bond acceptors (Lipinski definition) is 6. The summed E-state index contributed by atoms with van der Waals surface area (Å²) in [4.78, 5) is 25.1. The van der Waals surface area contributed by atoms with E-state index in [2.05, 4.69) is 5.32 Å². The lowest BCUT2D eigenvalue weighted by Crippen LogP contribution is -2.21. The number of Topliss-reactive ketones (excluding diaryl/α,β-unsaturated/α-hetero) is 1. The molecule has 1 fully saturated rings. The molecule has 1 aliphatic rings. The van der Waals surface area contributed by atoms with Crippen LogP contribution < -0.4 is 14.8 Å². The Morgan fingerprint density at radius 1 is 1.24 bits per heavy atom. The van der Waals surface area contributed by atoms with Crippen LogP contribution in [-0.2, 0) is 9.53 Å². The van der Waals surface area contributed by atoms with Crippen molar-refractivity contribution in [3.05, 3.63) is 35.3 Å². The molecule has 1 aromatic rings. The van der Waals surface area contributed by atoms with Crippen LogP contribution in [0.25, 0.3) is 0 Å². The third-order valence-corrected chi connectivity index (χ3v) is 3.58. The lowest BCUT2D eigenvalue weighted by Gasteiger charge is -2.15. The second kappa shape index (κ2) is 8.50. The molecule has 0 unspecified atom stereocenters. The van der Waals surface area contributed by atoms with Gasteiger partial charge in [0.25, 0.3) is 0 Å². The normalized spacial score (nSPS) is 14.0. The number of halogens is 1. The van der Waals surface area contributed by atoms with Gasteiger partial charge in [0.15, 0.2) is 17.3 Å². The maximum Gasteiger partial charge on any atom is 0.343 e. The molecule has 7 heteroatoms. The predicted molar refractivity (Wildman–Crippen MR) is 89.3 cm³/mol. The minimum absolute atomic E-state index is 0.0309. The Kier molecular flexibility index (Phi) is 6.38. The van der Waals surface area contributed by atoms with Gasteiger partial charge >= 0.3 is 5.97 Å². The predicted octanol–water partition coefficient (Wildman–Crippen LogP) is 2.61. The zero-order valence-corrected chi connectivity index (χ0v) is 14.6. The van der Waals surface area contributed by atoms with E-state index in [0.29, 0.717) is 0 Å². The van der Waals surface area contributed by atoms with Crippen molar-refractivity contribution >= 4 is 11.8 Å². The van der Waals surface area contributed by atoms with Crippen molar-refractivity contribution in [1.82, 2.24) is 5.32 Å². The Balaban J connectivity index is 2.43. The first kappa shape index (κ1) is 18.8. The molecular weight excluding hydrogens is 329 g/mol. The van der Waals surface area contributed by atoms with Gasteiger partial charge in [0.2, 0.25) is 5.78 Å². The smallest absolute Gasteiger partial charge is 0.343 e. The van der Waals surface area contributed by atoms with Crippen LogP contribution in [0.2, 0.25) is 0 Å². The largest absolute Gasteiger partial charge is 0.490 e. The molecule has 0 aromatic heterocycles. The molecule has 136 valence electrons.